The molecule has 3 rings (SSSR count). The summed E-state index contributed by atoms with van der Waals surface area (Å²) in [5.41, 5.74) is 0.680. The highest BCUT2D eigenvalue weighted by atomic mass is 32.1. The lowest BCUT2D eigenvalue weighted by atomic mass is 10.2. The van der Waals surface area contributed by atoms with Crippen LogP contribution in [0.1, 0.15) is 15.2 Å². The summed E-state index contributed by atoms with van der Waals surface area (Å²) < 4.78 is 0. The summed E-state index contributed by atoms with van der Waals surface area (Å²) in [5, 5.41) is 2.11. The molecule has 104 valence electrons. The predicted octanol–water partition coefficient (Wildman–Crippen LogP) is 2.10. The third kappa shape index (κ3) is 3.05. The fourth-order valence-corrected chi connectivity index (χ4v) is 3.15. The predicted molar refractivity (Wildman–Crippen MR) is 79.7 cm³/mol. The van der Waals surface area contributed by atoms with Gasteiger partial charge in [-0.2, -0.15) is 0 Å². The van der Waals surface area contributed by atoms with E-state index in [0.29, 0.717) is 5.56 Å². The van der Waals surface area contributed by atoms with Gasteiger partial charge in [-0.25, -0.2) is 0 Å². The third-order valence-corrected chi connectivity index (χ3v) is 4.39. The number of aromatic nitrogens is 1. The van der Waals surface area contributed by atoms with Crippen LogP contribution in [0, 0.1) is 0 Å². The van der Waals surface area contributed by atoms with Crippen molar-refractivity contribution in [3.63, 3.8) is 0 Å². The van der Waals surface area contributed by atoms with Gasteiger partial charge < -0.3 is 4.90 Å². The Bertz CT molecular complexity index is 548. The lowest BCUT2D eigenvalue weighted by molar-refractivity contribution is 0.0629. The maximum atomic E-state index is 12.3. The van der Waals surface area contributed by atoms with Crippen molar-refractivity contribution in [2.75, 3.05) is 26.2 Å². The Morgan fingerprint density at radius 3 is 2.70 bits per heavy atom. The van der Waals surface area contributed by atoms with Crippen molar-refractivity contribution >= 4 is 17.2 Å². The topological polar surface area (TPSA) is 36.4 Å². The third-order valence-electron chi connectivity index (χ3n) is 3.53. The molecular weight excluding hydrogens is 270 g/mol. The Hall–Kier alpha value is -1.72. The maximum Gasteiger partial charge on any atom is 0.255 e. The number of hydrogen-bond donors (Lipinski definition) is 0. The van der Waals surface area contributed by atoms with Crippen LogP contribution in [0.4, 0.5) is 0 Å². The maximum absolute atomic E-state index is 12.3. The monoisotopic (exact) mass is 287 g/mol. The van der Waals surface area contributed by atoms with Crippen LogP contribution in [0.5, 0.6) is 0 Å². The molecule has 0 unspecified atom stereocenters. The molecule has 5 heteroatoms. The first-order valence-corrected chi connectivity index (χ1v) is 7.65. The molecule has 1 aliphatic rings. The molecule has 1 fully saturated rings. The summed E-state index contributed by atoms with van der Waals surface area (Å²) in [4.78, 5) is 22.0. The second-order valence-corrected chi connectivity index (χ2v) is 5.92. The van der Waals surface area contributed by atoms with Crippen LogP contribution in [0.25, 0.3) is 0 Å². The van der Waals surface area contributed by atoms with Gasteiger partial charge in [-0.15, -0.1) is 11.3 Å². The van der Waals surface area contributed by atoms with Crippen LogP contribution in [0.2, 0.25) is 0 Å². The number of thiophene rings is 1. The van der Waals surface area contributed by atoms with Crippen LogP contribution in [-0.2, 0) is 6.54 Å². The molecule has 2 aromatic rings. The van der Waals surface area contributed by atoms with Gasteiger partial charge in [0.05, 0.1) is 5.56 Å². The number of carbonyl (C=O) groups is 1. The number of pyridine rings is 1. The van der Waals surface area contributed by atoms with Crippen molar-refractivity contribution in [2.45, 2.75) is 6.54 Å². The summed E-state index contributed by atoms with van der Waals surface area (Å²) in [6.45, 7) is 4.44. The van der Waals surface area contributed by atoms with Gasteiger partial charge in [0.2, 0.25) is 0 Å². The Morgan fingerprint density at radius 1 is 1.20 bits per heavy atom. The summed E-state index contributed by atoms with van der Waals surface area (Å²) in [7, 11) is 0. The lowest BCUT2D eigenvalue weighted by Crippen LogP contribution is -2.48. The minimum Gasteiger partial charge on any atom is -0.336 e. The van der Waals surface area contributed by atoms with E-state index in [-0.39, 0.29) is 5.91 Å². The minimum absolute atomic E-state index is 0.0915. The number of rotatable bonds is 3. The minimum atomic E-state index is 0.0915. The molecule has 0 aliphatic carbocycles. The number of nitrogens with zero attached hydrogens (tertiary/aromatic N) is 3. The smallest absolute Gasteiger partial charge is 0.255 e. The van der Waals surface area contributed by atoms with E-state index in [1.165, 1.54) is 4.88 Å². The van der Waals surface area contributed by atoms with Crippen molar-refractivity contribution in [1.29, 1.82) is 0 Å². The van der Waals surface area contributed by atoms with Gasteiger partial charge >= 0.3 is 0 Å². The Balaban J connectivity index is 1.55. The summed E-state index contributed by atoms with van der Waals surface area (Å²) in [6, 6.07) is 7.88. The van der Waals surface area contributed by atoms with Crippen LogP contribution in [-0.4, -0.2) is 46.9 Å². The Labute approximate surface area is 122 Å². The molecule has 3 heterocycles. The average molecular weight is 287 g/mol. The van der Waals surface area contributed by atoms with Gasteiger partial charge in [0.1, 0.15) is 0 Å². The molecule has 0 spiro atoms. The summed E-state index contributed by atoms with van der Waals surface area (Å²) in [5.74, 6) is 0.0915. The number of amides is 1. The van der Waals surface area contributed by atoms with Gasteiger partial charge in [-0.05, 0) is 23.6 Å². The van der Waals surface area contributed by atoms with E-state index >= 15 is 0 Å². The standard InChI is InChI=1S/C15H17N3OS/c19-15(13-3-1-5-16-11-13)18-8-6-17(7-9-18)12-14-4-2-10-20-14/h1-5,10-11H,6-9,12H2. The summed E-state index contributed by atoms with van der Waals surface area (Å²) >= 11 is 1.79. The molecule has 1 amide bonds. The van der Waals surface area contributed by atoms with Crippen LogP contribution in [0.15, 0.2) is 42.0 Å². The molecular formula is C15H17N3OS. The van der Waals surface area contributed by atoms with Crippen molar-refractivity contribution in [2.24, 2.45) is 0 Å². The van der Waals surface area contributed by atoms with E-state index in [9.17, 15) is 4.79 Å². The fraction of sp³-hybridized carbons (Fsp3) is 0.333. The van der Waals surface area contributed by atoms with Crippen LogP contribution < -0.4 is 0 Å². The quantitative estimate of drug-likeness (QED) is 0.867. The molecule has 0 saturated carbocycles. The van der Waals surface area contributed by atoms with E-state index in [2.05, 4.69) is 27.4 Å². The first kappa shape index (κ1) is 13.3. The Morgan fingerprint density at radius 2 is 2.05 bits per heavy atom. The van der Waals surface area contributed by atoms with Gasteiger partial charge in [0.15, 0.2) is 0 Å². The molecule has 0 N–H and O–H groups in total. The molecule has 1 saturated heterocycles. The first-order valence-electron chi connectivity index (χ1n) is 6.77. The lowest BCUT2D eigenvalue weighted by Gasteiger charge is -2.34. The zero-order chi connectivity index (χ0) is 13.8. The van der Waals surface area contributed by atoms with Gasteiger partial charge in [0.25, 0.3) is 5.91 Å². The average Bonchev–Trinajstić information content (AvgIpc) is 3.01. The second kappa shape index (κ2) is 6.15. The molecule has 2 aromatic heterocycles. The molecule has 0 radical (unpaired) electrons. The molecule has 20 heavy (non-hydrogen) atoms. The van der Waals surface area contributed by atoms with Crippen molar-refractivity contribution < 1.29 is 4.79 Å². The largest absolute Gasteiger partial charge is 0.336 e. The molecule has 0 aromatic carbocycles. The van der Waals surface area contributed by atoms with E-state index in [0.717, 1.165) is 32.7 Å². The second-order valence-electron chi connectivity index (χ2n) is 4.89. The molecule has 1 aliphatic heterocycles. The SMILES string of the molecule is O=C(c1cccnc1)N1CCN(Cc2cccs2)CC1. The van der Waals surface area contributed by atoms with Gasteiger partial charge in [-0.1, -0.05) is 6.07 Å². The highest BCUT2D eigenvalue weighted by Gasteiger charge is 2.22. The number of piperazine rings is 1. The first-order chi connectivity index (χ1) is 9.83. The zero-order valence-electron chi connectivity index (χ0n) is 11.2. The van der Waals surface area contributed by atoms with Gasteiger partial charge in [0, 0.05) is 50.0 Å². The molecule has 0 bridgehead atoms. The number of carbonyl (C=O) groups excluding carboxylic acids is 1. The highest BCUT2D eigenvalue weighted by molar-refractivity contribution is 7.09. The summed E-state index contributed by atoms with van der Waals surface area (Å²) in [6.07, 6.45) is 3.33. The van der Waals surface area contributed by atoms with E-state index < -0.39 is 0 Å². The van der Waals surface area contributed by atoms with Crippen LogP contribution in [0.3, 0.4) is 0 Å². The normalized spacial score (nSPS) is 16.3. The Kier molecular flexibility index (Phi) is 4.08. The van der Waals surface area contributed by atoms with Crippen LogP contribution >= 0.6 is 11.3 Å². The number of hydrogen-bond acceptors (Lipinski definition) is 4. The zero-order valence-corrected chi connectivity index (χ0v) is 12.1. The van der Waals surface area contributed by atoms with Gasteiger partial charge in [-0.3, -0.25) is 14.7 Å². The van der Waals surface area contributed by atoms with Crippen molar-refractivity contribution in [3.8, 4) is 0 Å². The van der Waals surface area contributed by atoms with Crippen molar-refractivity contribution in [3.05, 3.63) is 52.5 Å². The van der Waals surface area contributed by atoms with E-state index in [4.69, 9.17) is 0 Å². The fourth-order valence-electron chi connectivity index (χ4n) is 2.40. The van der Waals surface area contributed by atoms with E-state index in [1.807, 2.05) is 11.0 Å². The highest BCUT2D eigenvalue weighted by Crippen LogP contribution is 2.14. The van der Waals surface area contributed by atoms with E-state index in [1.54, 1.807) is 29.8 Å². The van der Waals surface area contributed by atoms with Crippen molar-refractivity contribution in [1.82, 2.24) is 14.8 Å². The molecule has 4 nitrogen and oxygen atoms in total. The molecule has 0 atom stereocenters.